The van der Waals surface area contributed by atoms with Crippen molar-refractivity contribution in [3.05, 3.63) is 108 Å². The zero-order valence-corrected chi connectivity index (χ0v) is 12.9. The Labute approximate surface area is 137 Å². The lowest BCUT2D eigenvalue weighted by atomic mass is 9.83. The summed E-state index contributed by atoms with van der Waals surface area (Å²) in [5.74, 6) is 1.37. The Morgan fingerprint density at radius 2 is 1.39 bits per heavy atom. The normalized spacial score (nSPS) is 19.7. The van der Waals surface area contributed by atoms with Crippen molar-refractivity contribution in [1.29, 1.82) is 0 Å². The van der Waals surface area contributed by atoms with E-state index in [0.717, 1.165) is 12.2 Å². The number of fused-ring (bicyclic) bond motifs is 1. The summed E-state index contributed by atoms with van der Waals surface area (Å²) >= 11 is 0. The molecular formula is C22H19O. The number of ether oxygens (including phenoxy) is 1. The van der Waals surface area contributed by atoms with Crippen molar-refractivity contribution in [2.75, 3.05) is 0 Å². The molecule has 1 aliphatic heterocycles. The first-order valence-electron chi connectivity index (χ1n) is 8.10. The second-order valence-electron chi connectivity index (χ2n) is 5.97. The van der Waals surface area contributed by atoms with Crippen molar-refractivity contribution in [3.8, 4) is 5.75 Å². The van der Waals surface area contributed by atoms with Crippen LogP contribution in [0.4, 0.5) is 0 Å². The van der Waals surface area contributed by atoms with Crippen LogP contribution in [-0.2, 0) is 0 Å². The average Bonchev–Trinajstić information content (AvgIpc) is 2.63. The van der Waals surface area contributed by atoms with Crippen LogP contribution in [0.2, 0.25) is 0 Å². The molecule has 3 aromatic rings. The molecule has 0 saturated carbocycles. The SMILES string of the molecule is [CH](c1ccccc1)C1CC(c2ccccc2)Oc2ccccc21. The second kappa shape index (κ2) is 6.29. The van der Waals surface area contributed by atoms with Gasteiger partial charge in [-0.2, -0.15) is 0 Å². The maximum atomic E-state index is 6.27. The molecule has 1 nitrogen and oxygen atoms in total. The monoisotopic (exact) mass is 299 g/mol. The summed E-state index contributed by atoms with van der Waals surface area (Å²) in [6.07, 6.45) is 3.43. The van der Waals surface area contributed by atoms with Gasteiger partial charge in [0, 0.05) is 0 Å². The number of benzene rings is 3. The van der Waals surface area contributed by atoms with E-state index in [1.165, 1.54) is 16.7 Å². The summed E-state index contributed by atoms with van der Waals surface area (Å²) in [7, 11) is 0. The fourth-order valence-electron chi connectivity index (χ4n) is 3.28. The Bertz CT molecular complexity index is 764. The highest BCUT2D eigenvalue weighted by Crippen LogP contribution is 2.43. The molecule has 2 unspecified atom stereocenters. The fraction of sp³-hybridized carbons (Fsp3) is 0.136. The fourth-order valence-corrected chi connectivity index (χ4v) is 3.28. The minimum Gasteiger partial charge on any atom is -0.485 e. The smallest absolute Gasteiger partial charge is 0.124 e. The van der Waals surface area contributed by atoms with E-state index >= 15 is 0 Å². The molecule has 23 heavy (non-hydrogen) atoms. The maximum Gasteiger partial charge on any atom is 0.124 e. The van der Waals surface area contributed by atoms with Gasteiger partial charge >= 0.3 is 0 Å². The van der Waals surface area contributed by atoms with Crippen LogP contribution in [0.25, 0.3) is 0 Å². The van der Waals surface area contributed by atoms with Crippen molar-refractivity contribution in [3.63, 3.8) is 0 Å². The number of rotatable bonds is 3. The second-order valence-corrected chi connectivity index (χ2v) is 5.97. The molecule has 1 heteroatoms. The van der Waals surface area contributed by atoms with E-state index in [2.05, 4.69) is 79.2 Å². The van der Waals surface area contributed by atoms with Gasteiger partial charge in [0.1, 0.15) is 11.9 Å². The van der Waals surface area contributed by atoms with E-state index in [4.69, 9.17) is 4.74 Å². The molecule has 0 spiro atoms. The topological polar surface area (TPSA) is 9.23 Å². The van der Waals surface area contributed by atoms with Crippen LogP contribution in [0.3, 0.4) is 0 Å². The zero-order chi connectivity index (χ0) is 15.5. The zero-order valence-electron chi connectivity index (χ0n) is 12.9. The molecule has 4 rings (SSSR count). The van der Waals surface area contributed by atoms with Crippen molar-refractivity contribution in [1.82, 2.24) is 0 Å². The molecule has 3 aromatic carbocycles. The lowest BCUT2D eigenvalue weighted by molar-refractivity contribution is 0.166. The van der Waals surface area contributed by atoms with E-state index < -0.39 is 0 Å². The van der Waals surface area contributed by atoms with Gasteiger partial charge in [0.25, 0.3) is 0 Å². The largest absolute Gasteiger partial charge is 0.485 e. The molecule has 1 heterocycles. The summed E-state index contributed by atoms with van der Waals surface area (Å²) < 4.78 is 6.27. The Hall–Kier alpha value is -2.54. The van der Waals surface area contributed by atoms with Crippen LogP contribution in [0.5, 0.6) is 5.75 Å². The standard InChI is InChI=1S/C22H19O/c1-3-9-17(10-4-1)15-19-16-22(18-11-5-2-6-12-18)23-21-14-8-7-13-20(19)21/h1-15,19,22H,16H2. The van der Waals surface area contributed by atoms with Gasteiger partial charge < -0.3 is 4.74 Å². The van der Waals surface area contributed by atoms with E-state index in [1.807, 2.05) is 12.1 Å². The van der Waals surface area contributed by atoms with Crippen molar-refractivity contribution < 1.29 is 4.74 Å². The van der Waals surface area contributed by atoms with Crippen molar-refractivity contribution in [2.45, 2.75) is 18.4 Å². The van der Waals surface area contributed by atoms with Crippen LogP contribution in [-0.4, -0.2) is 0 Å². The number of hydrogen-bond donors (Lipinski definition) is 0. The summed E-state index contributed by atoms with van der Waals surface area (Å²) in [4.78, 5) is 0. The third kappa shape index (κ3) is 3.00. The summed E-state index contributed by atoms with van der Waals surface area (Å²) in [6, 6.07) is 29.5. The van der Waals surface area contributed by atoms with Crippen LogP contribution in [0, 0.1) is 6.42 Å². The molecular weight excluding hydrogens is 280 g/mol. The number of para-hydroxylation sites is 1. The van der Waals surface area contributed by atoms with Gasteiger partial charge in [-0.15, -0.1) is 0 Å². The Morgan fingerprint density at radius 3 is 2.17 bits per heavy atom. The molecule has 0 amide bonds. The van der Waals surface area contributed by atoms with Crippen LogP contribution in [0.15, 0.2) is 84.9 Å². The molecule has 0 bridgehead atoms. The van der Waals surface area contributed by atoms with Gasteiger partial charge in [-0.3, -0.25) is 0 Å². The Morgan fingerprint density at radius 1 is 0.739 bits per heavy atom. The Kier molecular flexibility index (Phi) is 3.85. The predicted molar refractivity (Wildman–Crippen MR) is 93.5 cm³/mol. The maximum absolute atomic E-state index is 6.27. The Balaban J connectivity index is 1.67. The lowest BCUT2D eigenvalue weighted by Crippen LogP contribution is -2.19. The quantitative estimate of drug-likeness (QED) is 0.616. The molecule has 1 radical (unpaired) electrons. The summed E-state index contributed by atoms with van der Waals surface area (Å²) in [6.45, 7) is 0. The molecule has 0 fully saturated rings. The van der Waals surface area contributed by atoms with Crippen LogP contribution >= 0.6 is 0 Å². The summed E-state index contributed by atoms with van der Waals surface area (Å²) in [5, 5.41) is 0. The first-order valence-corrected chi connectivity index (χ1v) is 8.10. The van der Waals surface area contributed by atoms with Gasteiger partial charge in [0.2, 0.25) is 0 Å². The minimum absolute atomic E-state index is 0.107. The molecule has 0 saturated heterocycles. The van der Waals surface area contributed by atoms with Crippen molar-refractivity contribution >= 4 is 0 Å². The summed E-state index contributed by atoms with van der Waals surface area (Å²) in [5.41, 5.74) is 3.79. The highest BCUT2D eigenvalue weighted by Gasteiger charge is 2.29. The van der Waals surface area contributed by atoms with E-state index in [9.17, 15) is 0 Å². The van der Waals surface area contributed by atoms with Crippen LogP contribution in [0.1, 0.15) is 35.1 Å². The van der Waals surface area contributed by atoms with Gasteiger partial charge in [0.05, 0.1) is 0 Å². The van der Waals surface area contributed by atoms with Crippen molar-refractivity contribution in [2.24, 2.45) is 0 Å². The third-order valence-corrected chi connectivity index (χ3v) is 4.42. The van der Waals surface area contributed by atoms with Crippen LogP contribution < -0.4 is 4.74 Å². The highest BCUT2D eigenvalue weighted by molar-refractivity contribution is 5.43. The first-order chi connectivity index (χ1) is 11.4. The predicted octanol–water partition coefficient (Wildman–Crippen LogP) is 5.55. The number of hydrogen-bond acceptors (Lipinski definition) is 1. The van der Waals surface area contributed by atoms with E-state index in [1.54, 1.807) is 0 Å². The third-order valence-electron chi connectivity index (χ3n) is 4.42. The van der Waals surface area contributed by atoms with E-state index in [0.29, 0.717) is 5.92 Å². The average molecular weight is 299 g/mol. The van der Waals surface area contributed by atoms with Gasteiger partial charge in [0.15, 0.2) is 0 Å². The highest BCUT2D eigenvalue weighted by atomic mass is 16.5. The van der Waals surface area contributed by atoms with Gasteiger partial charge in [-0.25, -0.2) is 0 Å². The van der Waals surface area contributed by atoms with E-state index in [-0.39, 0.29) is 6.10 Å². The van der Waals surface area contributed by atoms with Gasteiger partial charge in [-0.05, 0) is 41.5 Å². The molecule has 2 atom stereocenters. The first kappa shape index (κ1) is 14.1. The molecule has 0 N–H and O–H groups in total. The lowest BCUT2D eigenvalue weighted by Gasteiger charge is -2.32. The molecule has 0 aromatic heterocycles. The minimum atomic E-state index is 0.107. The van der Waals surface area contributed by atoms with Gasteiger partial charge in [-0.1, -0.05) is 78.9 Å². The molecule has 113 valence electrons. The molecule has 0 aliphatic carbocycles. The molecule has 1 aliphatic rings.